The normalized spacial score (nSPS) is 10.4. The molecule has 2 rings (SSSR count). The number of aryl methyl sites for hydroxylation is 1. The summed E-state index contributed by atoms with van der Waals surface area (Å²) in [6, 6.07) is 13.4. The van der Waals surface area contributed by atoms with E-state index in [1.165, 1.54) is 0 Å². The smallest absolute Gasteiger partial charge is 0.259 e. The van der Waals surface area contributed by atoms with Crippen LogP contribution in [0.3, 0.4) is 0 Å². The van der Waals surface area contributed by atoms with Crippen molar-refractivity contribution in [3.8, 4) is 0 Å². The van der Waals surface area contributed by atoms with E-state index in [0.717, 1.165) is 20.6 Å². The lowest BCUT2D eigenvalue weighted by molar-refractivity contribution is 0.0987. The van der Waals surface area contributed by atoms with Gasteiger partial charge in [0.05, 0.1) is 5.56 Å². The molecule has 1 amide bonds. The Morgan fingerprint density at radius 1 is 1.25 bits per heavy atom. The van der Waals surface area contributed by atoms with E-state index in [1.54, 1.807) is 11.0 Å². The third kappa shape index (κ3) is 3.07. The first-order chi connectivity index (χ1) is 9.54. The van der Waals surface area contributed by atoms with Crippen molar-refractivity contribution in [2.24, 2.45) is 0 Å². The number of benzene rings is 2. The number of anilines is 1. The summed E-state index contributed by atoms with van der Waals surface area (Å²) in [5.74, 6) is -0.0235. The number of halogens is 1. The maximum Gasteiger partial charge on any atom is 0.259 e. The van der Waals surface area contributed by atoms with E-state index in [1.807, 2.05) is 50.2 Å². The minimum atomic E-state index is -0.0235. The molecule has 0 N–H and O–H groups in total. The highest BCUT2D eigenvalue weighted by molar-refractivity contribution is 9.10. The summed E-state index contributed by atoms with van der Waals surface area (Å²) < 4.78 is 0.785. The summed E-state index contributed by atoms with van der Waals surface area (Å²) in [4.78, 5) is 15.3. The topological polar surface area (TPSA) is 20.3 Å². The summed E-state index contributed by atoms with van der Waals surface area (Å²) in [5.41, 5.74) is 2.65. The van der Waals surface area contributed by atoms with Crippen LogP contribution in [0, 0.1) is 6.92 Å². The maximum absolute atomic E-state index is 12.8. The van der Waals surface area contributed by atoms with Gasteiger partial charge in [-0.05, 0) is 59.6 Å². The second-order valence-electron chi connectivity index (χ2n) is 4.50. The Morgan fingerprint density at radius 2 is 1.95 bits per heavy atom. The number of carbonyl (C=O) groups is 1. The van der Waals surface area contributed by atoms with Crippen molar-refractivity contribution in [3.05, 3.63) is 58.1 Å². The van der Waals surface area contributed by atoms with Gasteiger partial charge in [-0.15, -0.1) is 12.6 Å². The van der Waals surface area contributed by atoms with Crippen LogP contribution < -0.4 is 4.90 Å². The number of nitrogens with zero attached hydrogens (tertiary/aromatic N) is 1. The molecular formula is C16H16BrNOS. The molecule has 0 radical (unpaired) electrons. The van der Waals surface area contributed by atoms with Crippen LogP contribution in [0.15, 0.2) is 51.8 Å². The molecule has 0 bridgehead atoms. The van der Waals surface area contributed by atoms with E-state index in [-0.39, 0.29) is 5.91 Å². The predicted octanol–water partition coefficient (Wildman–Crippen LogP) is 4.71. The fourth-order valence-corrected chi connectivity index (χ4v) is 2.73. The van der Waals surface area contributed by atoms with Crippen LogP contribution in [0.25, 0.3) is 0 Å². The Kier molecular flexibility index (Phi) is 4.89. The zero-order valence-electron chi connectivity index (χ0n) is 11.4. The third-order valence-corrected chi connectivity index (χ3v) is 4.12. The fraction of sp³-hybridized carbons (Fsp3) is 0.188. The molecule has 104 valence electrons. The summed E-state index contributed by atoms with van der Waals surface area (Å²) in [6.45, 7) is 4.60. The highest BCUT2D eigenvalue weighted by Crippen LogP contribution is 2.26. The first kappa shape index (κ1) is 15.1. The predicted molar refractivity (Wildman–Crippen MR) is 89.9 cm³/mol. The van der Waals surface area contributed by atoms with Crippen molar-refractivity contribution in [2.45, 2.75) is 18.7 Å². The van der Waals surface area contributed by atoms with E-state index >= 15 is 0 Å². The summed E-state index contributed by atoms with van der Waals surface area (Å²) in [5, 5.41) is 0. The second-order valence-corrected chi connectivity index (χ2v) is 5.87. The van der Waals surface area contributed by atoms with Crippen LogP contribution >= 0.6 is 28.6 Å². The first-order valence-electron chi connectivity index (χ1n) is 6.40. The molecule has 0 saturated heterocycles. The Hall–Kier alpha value is -1.26. The summed E-state index contributed by atoms with van der Waals surface area (Å²) in [6.07, 6.45) is 0. The van der Waals surface area contributed by atoms with Gasteiger partial charge in [-0.25, -0.2) is 0 Å². The monoisotopic (exact) mass is 349 g/mol. The lowest BCUT2D eigenvalue weighted by Gasteiger charge is -2.23. The van der Waals surface area contributed by atoms with Crippen LogP contribution in [0.4, 0.5) is 5.69 Å². The zero-order valence-corrected chi connectivity index (χ0v) is 13.9. The quantitative estimate of drug-likeness (QED) is 0.795. The van der Waals surface area contributed by atoms with Crippen LogP contribution in [0.1, 0.15) is 22.8 Å². The van der Waals surface area contributed by atoms with Crippen LogP contribution in [0.5, 0.6) is 0 Å². The standard InChI is InChI=1S/C16H16BrNOS/c1-3-18(15-7-5-4-6-11(15)2)16(19)13-10-12(20)8-9-14(13)17/h4-10,20H,3H2,1-2H3. The van der Waals surface area contributed by atoms with Crippen LogP contribution in [-0.2, 0) is 0 Å². The lowest BCUT2D eigenvalue weighted by atomic mass is 10.1. The van der Waals surface area contributed by atoms with Gasteiger partial charge in [0, 0.05) is 21.6 Å². The molecule has 0 spiro atoms. The van der Waals surface area contributed by atoms with Crippen LogP contribution in [0.2, 0.25) is 0 Å². The van der Waals surface area contributed by atoms with Gasteiger partial charge in [0.25, 0.3) is 5.91 Å². The van der Waals surface area contributed by atoms with Gasteiger partial charge >= 0.3 is 0 Å². The molecule has 2 aromatic carbocycles. The maximum atomic E-state index is 12.8. The average Bonchev–Trinajstić information content (AvgIpc) is 2.44. The zero-order chi connectivity index (χ0) is 14.7. The fourth-order valence-electron chi connectivity index (χ4n) is 2.11. The van der Waals surface area contributed by atoms with Gasteiger partial charge in [-0.3, -0.25) is 4.79 Å². The van der Waals surface area contributed by atoms with Crippen molar-refractivity contribution in [1.29, 1.82) is 0 Å². The van der Waals surface area contributed by atoms with Gasteiger partial charge < -0.3 is 4.90 Å². The first-order valence-corrected chi connectivity index (χ1v) is 7.64. The number of carbonyl (C=O) groups excluding carboxylic acids is 1. The molecule has 4 heteroatoms. The van der Waals surface area contributed by atoms with E-state index in [9.17, 15) is 4.79 Å². The SMILES string of the molecule is CCN(C(=O)c1cc(S)ccc1Br)c1ccccc1C. The highest BCUT2D eigenvalue weighted by Gasteiger charge is 2.19. The Bertz CT molecular complexity index is 642. The Labute approximate surface area is 133 Å². The molecule has 20 heavy (non-hydrogen) atoms. The van der Waals surface area contributed by atoms with Crippen LogP contribution in [-0.4, -0.2) is 12.5 Å². The molecule has 0 saturated carbocycles. The molecule has 0 unspecified atom stereocenters. The molecule has 0 fully saturated rings. The number of thiol groups is 1. The summed E-state index contributed by atoms with van der Waals surface area (Å²) >= 11 is 7.75. The van der Waals surface area contributed by atoms with Gasteiger partial charge in [0.15, 0.2) is 0 Å². The molecule has 0 aromatic heterocycles. The summed E-state index contributed by atoms with van der Waals surface area (Å²) in [7, 11) is 0. The molecule has 0 heterocycles. The number of amides is 1. The molecule has 0 aliphatic heterocycles. The Balaban J connectivity index is 2.45. The van der Waals surface area contributed by atoms with Crippen molar-refractivity contribution in [2.75, 3.05) is 11.4 Å². The second kappa shape index (κ2) is 6.46. The molecule has 0 aliphatic rings. The van der Waals surface area contributed by atoms with E-state index in [0.29, 0.717) is 12.1 Å². The highest BCUT2D eigenvalue weighted by atomic mass is 79.9. The average molecular weight is 350 g/mol. The number of rotatable bonds is 3. The minimum Gasteiger partial charge on any atom is -0.308 e. The van der Waals surface area contributed by atoms with E-state index in [2.05, 4.69) is 28.6 Å². The van der Waals surface area contributed by atoms with E-state index < -0.39 is 0 Å². The lowest BCUT2D eigenvalue weighted by Crippen LogP contribution is -2.31. The minimum absolute atomic E-state index is 0.0235. The molecule has 0 aliphatic carbocycles. The molecule has 0 atom stereocenters. The number of hydrogen-bond donors (Lipinski definition) is 1. The van der Waals surface area contributed by atoms with Gasteiger partial charge in [-0.1, -0.05) is 18.2 Å². The van der Waals surface area contributed by atoms with Gasteiger partial charge in [0.1, 0.15) is 0 Å². The van der Waals surface area contributed by atoms with Gasteiger partial charge in [0.2, 0.25) is 0 Å². The van der Waals surface area contributed by atoms with Gasteiger partial charge in [-0.2, -0.15) is 0 Å². The Morgan fingerprint density at radius 3 is 2.60 bits per heavy atom. The third-order valence-electron chi connectivity index (χ3n) is 3.15. The van der Waals surface area contributed by atoms with Crippen molar-refractivity contribution in [3.63, 3.8) is 0 Å². The largest absolute Gasteiger partial charge is 0.308 e. The molecular weight excluding hydrogens is 334 g/mol. The van der Waals surface area contributed by atoms with Crippen molar-refractivity contribution in [1.82, 2.24) is 0 Å². The molecule has 2 nitrogen and oxygen atoms in total. The van der Waals surface area contributed by atoms with E-state index in [4.69, 9.17) is 0 Å². The number of para-hydroxylation sites is 1. The number of hydrogen-bond acceptors (Lipinski definition) is 2. The molecule has 2 aromatic rings. The van der Waals surface area contributed by atoms with Crippen molar-refractivity contribution >= 4 is 40.2 Å². The van der Waals surface area contributed by atoms with Crippen molar-refractivity contribution < 1.29 is 4.79 Å².